The van der Waals surface area contributed by atoms with Crippen molar-refractivity contribution in [1.29, 1.82) is 0 Å². The van der Waals surface area contributed by atoms with Crippen LogP contribution < -0.4 is 15.4 Å². The number of benzene rings is 2. The van der Waals surface area contributed by atoms with Crippen molar-refractivity contribution in [1.82, 2.24) is 15.3 Å². The second-order valence-electron chi connectivity index (χ2n) is 8.24. The molecule has 0 saturated carbocycles. The molecular formula is C27H32ClFN4O3S. The van der Waals surface area contributed by atoms with E-state index in [9.17, 15) is 13.4 Å². The Balaban J connectivity index is 0.000000371. The molecule has 3 rings (SSSR count). The Kier molecular flexibility index (Phi) is 11.6. The van der Waals surface area contributed by atoms with Crippen molar-refractivity contribution in [2.75, 3.05) is 23.9 Å². The highest BCUT2D eigenvalue weighted by atomic mass is 35.5. The number of halogens is 2. The van der Waals surface area contributed by atoms with Crippen molar-refractivity contribution >= 4 is 50.5 Å². The summed E-state index contributed by atoms with van der Waals surface area (Å²) in [4.78, 5) is 19.4. The van der Waals surface area contributed by atoms with Gasteiger partial charge in [-0.15, -0.1) is 0 Å². The number of nitrogens with zero attached hydrogens (tertiary/aromatic N) is 2. The van der Waals surface area contributed by atoms with E-state index in [-0.39, 0.29) is 17.5 Å². The summed E-state index contributed by atoms with van der Waals surface area (Å²) in [5.41, 5.74) is 2.54. The van der Waals surface area contributed by atoms with Crippen LogP contribution in [0.5, 0.6) is 11.5 Å². The minimum atomic E-state index is -2.17. The number of aromatic nitrogens is 2. The normalized spacial score (nSPS) is 12.3. The molecule has 37 heavy (non-hydrogen) atoms. The molecule has 10 heteroatoms. The van der Waals surface area contributed by atoms with Crippen LogP contribution in [0, 0.1) is 12.7 Å². The molecule has 0 aliphatic carbocycles. The molecule has 1 amide bonds. The smallest absolute Gasteiger partial charge is 0.232 e. The van der Waals surface area contributed by atoms with Gasteiger partial charge in [-0.25, -0.2) is 14.4 Å². The Morgan fingerprint density at radius 3 is 2.62 bits per heavy atom. The lowest BCUT2D eigenvalue weighted by Gasteiger charge is -2.12. The summed E-state index contributed by atoms with van der Waals surface area (Å²) in [7, 11) is -2.17. The maximum Gasteiger partial charge on any atom is 0.232 e. The number of ether oxygens (including phenoxy) is 1. The van der Waals surface area contributed by atoms with E-state index >= 15 is 0 Å². The zero-order chi connectivity index (χ0) is 27.4. The van der Waals surface area contributed by atoms with Crippen molar-refractivity contribution in [2.45, 2.75) is 27.2 Å². The summed E-state index contributed by atoms with van der Waals surface area (Å²) in [6.45, 7) is 6.49. The molecule has 1 heterocycles. The number of carbonyl (C=O) groups is 1. The molecule has 198 valence electrons. The van der Waals surface area contributed by atoms with Gasteiger partial charge < -0.3 is 15.4 Å². The third-order valence-electron chi connectivity index (χ3n) is 4.67. The molecule has 0 aliphatic rings. The fourth-order valence-electron chi connectivity index (χ4n) is 2.96. The molecule has 0 aliphatic heterocycles. The molecule has 3 aromatic rings. The van der Waals surface area contributed by atoms with Crippen LogP contribution in [0.3, 0.4) is 0 Å². The second-order valence-corrected chi connectivity index (χ2v) is 11.3. The van der Waals surface area contributed by atoms with Gasteiger partial charge in [0.25, 0.3) is 0 Å². The van der Waals surface area contributed by atoms with Gasteiger partial charge in [-0.3, -0.25) is 9.00 Å². The van der Waals surface area contributed by atoms with Gasteiger partial charge in [-0.05, 0) is 72.1 Å². The summed E-state index contributed by atoms with van der Waals surface area (Å²) in [6, 6.07) is 11.2. The fourth-order valence-corrected chi connectivity index (χ4v) is 3.84. The summed E-state index contributed by atoms with van der Waals surface area (Å²) < 4.78 is 29.9. The zero-order valence-corrected chi connectivity index (χ0v) is 23.0. The Labute approximate surface area is 223 Å². The van der Waals surface area contributed by atoms with Gasteiger partial charge >= 0.3 is 0 Å². The van der Waals surface area contributed by atoms with Gasteiger partial charge in [-0.2, -0.15) is 0 Å². The highest BCUT2D eigenvalue weighted by Crippen LogP contribution is 2.33. The van der Waals surface area contributed by atoms with Crippen molar-refractivity contribution in [2.24, 2.45) is 0 Å². The second kappa shape index (κ2) is 14.3. The van der Waals surface area contributed by atoms with Crippen molar-refractivity contribution in [3.8, 4) is 11.5 Å². The first kappa shape index (κ1) is 29.8. The van der Waals surface area contributed by atoms with Crippen LogP contribution in [0.2, 0.25) is 5.02 Å². The number of hydrogen-bond acceptors (Lipinski definition) is 6. The Morgan fingerprint density at radius 1 is 1.24 bits per heavy atom. The summed E-state index contributed by atoms with van der Waals surface area (Å²) in [6.07, 6.45) is 7.74. The first-order valence-corrected chi connectivity index (χ1v) is 14.2. The standard InChI is InChI=1S/C20H17ClFN3O.C7H15NO2S/c1-3-5-18-13(2)20(24-12-23-18)25-15-8-9-19(17(21)11-15)26-16-7-4-6-14(22)10-16;1-4-5-8-7(9)6-11(2,3)10/h3-12H,1-2H3,(H,23,24,25);2,4-6H2,1,3H3,(H,8,9)/b5-3-;. The van der Waals surface area contributed by atoms with E-state index in [0.717, 1.165) is 23.4 Å². The van der Waals surface area contributed by atoms with E-state index in [1.54, 1.807) is 24.3 Å². The van der Waals surface area contributed by atoms with Gasteiger partial charge in [-0.1, -0.05) is 30.7 Å². The van der Waals surface area contributed by atoms with Crippen LogP contribution in [0.4, 0.5) is 15.9 Å². The molecular weight excluding hydrogens is 515 g/mol. The molecule has 2 aromatic carbocycles. The molecule has 7 nitrogen and oxygen atoms in total. The quantitative estimate of drug-likeness (QED) is 0.319. The highest BCUT2D eigenvalue weighted by molar-refractivity contribution is 8.00. The van der Waals surface area contributed by atoms with Crippen LogP contribution in [0.25, 0.3) is 6.08 Å². The Hall–Kier alpha value is -3.43. The lowest BCUT2D eigenvalue weighted by molar-refractivity contribution is -0.118. The molecule has 0 bridgehead atoms. The highest BCUT2D eigenvalue weighted by Gasteiger charge is 2.09. The van der Waals surface area contributed by atoms with Gasteiger partial charge in [0.15, 0.2) is 0 Å². The summed E-state index contributed by atoms with van der Waals surface area (Å²) in [5, 5.41) is 6.26. The third kappa shape index (κ3) is 10.6. The van der Waals surface area contributed by atoms with E-state index in [0.29, 0.717) is 28.9 Å². The van der Waals surface area contributed by atoms with Crippen LogP contribution in [0.1, 0.15) is 31.5 Å². The summed E-state index contributed by atoms with van der Waals surface area (Å²) >= 11 is 6.30. The van der Waals surface area contributed by atoms with E-state index in [1.807, 2.05) is 39.0 Å². The molecule has 0 fully saturated rings. The number of nitrogens with one attached hydrogen (secondary N) is 2. The first-order valence-electron chi connectivity index (χ1n) is 11.5. The minimum absolute atomic E-state index is 0.0347. The van der Waals surface area contributed by atoms with E-state index in [1.165, 1.54) is 24.7 Å². The maximum atomic E-state index is 13.3. The van der Waals surface area contributed by atoms with E-state index in [2.05, 4.69) is 26.5 Å². The van der Waals surface area contributed by atoms with Gasteiger partial charge in [0.1, 0.15) is 29.5 Å². The van der Waals surface area contributed by atoms with Gasteiger partial charge in [0.05, 0.1) is 16.5 Å². The van der Waals surface area contributed by atoms with Crippen molar-refractivity contribution in [3.63, 3.8) is 0 Å². The summed E-state index contributed by atoms with van der Waals surface area (Å²) in [5.74, 6) is 4.40. The molecule has 0 radical (unpaired) electrons. The molecule has 1 unspecified atom stereocenters. The van der Waals surface area contributed by atoms with E-state index in [4.69, 9.17) is 16.3 Å². The lowest BCUT2D eigenvalue weighted by Crippen LogP contribution is -2.30. The van der Waals surface area contributed by atoms with Crippen molar-refractivity contribution < 1.29 is 18.1 Å². The van der Waals surface area contributed by atoms with Crippen molar-refractivity contribution in [3.05, 3.63) is 77.0 Å². The van der Waals surface area contributed by atoms with Crippen LogP contribution in [-0.2, 0) is 14.3 Å². The maximum absolute atomic E-state index is 13.3. The topological polar surface area (TPSA) is 93.2 Å². The van der Waals surface area contributed by atoms with Crippen LogP contribution >= 0.6 is 11.6 Å². The number of anilines is 2. The Morgan fingerprint density at radius 2 is 2.00 bits per heavy atom. The predicted molar refractivity (Wildman–Crippen MR) is 152 cm³/mol. The molecule has 0 saturated heterocycles. The molecule has 0 spiro atoms. The number of amides is 1. The Bertz CT molecular complexity index is 1350. The number of carbonyl (C=O) groups excluding carboxylic acids is 1. The lowest BCUT2D eigenvalue weighted by atomic mass is 10.2. The number of hydrogen-bond donors (Lipinski definition) is 2. The SMILES string of the molecule is C/C=C\c1ncnc(Nc2ccc(Oc3cccc(F)c3)c(Cl)c2)c1C.C=S(C)(=O)CC(=O)NCCC. The zero-order valence-electron chi connectivity index (χ0n) is 21.4. The largest absolute Gasteiger partial charge is 0.456 e. The third-order valence-corrected chi connectivity index (χ3v) is 5.84. The number of allylic oxidation sites excluding steroid dienone is 1. The molecule has 2 N–H and O–H groups in total. The molecule has 1 aromatic heterocycles. The van der Waals surface area contributed by atoms with Crippen LogP contribution in [0.15, 0.2) is 54.9 Å². The molecule has 1 atom stereocenters. The predicted octanol–water partition coefficient (Wildman–Crippen LogP) is 6.01. The van der Waals surface area contributed by atoms with E-state index < -0.39 is 9.52 Å². The minimum Gasteiger partial charge on any atom is -0.456 e. The number of rotatable bonds is 9. The average Bonchev–Trinajstić information content (AvgIpc) is 2.82. The fraction of sp³-hybridized carbons (Fsp3) is 0.259. The monoisotopic (exact) mass is 546 g/mol. The van der Waals surface area contributed by atoms with Gasteiger partial charge in [0.2, 0.25) is 5.91 Å². The van der Waals surface area contributed by atoms with Crippen LogP contribution in [-0.4, -0.2) is 44.5 Å². The average molecular weight is 547 g/mol. The first-order chi connectivity index (χ1) is 17.5. The van der Waals surface area contributed by atoms with Gasteiger partial charge in [0, 0.05) is 30.1 Å².